The Bertz CT molecular complexity index is 822. The number of nitrogens with zero attached hydrogens (tertiary/aromatic N) is 2. The summed E-state index contributed by atoms with van der Waals surface area (Å²) >= 11 is 5.23. The number of methoxy groups -OCH3 is 1. The number of likely N-dealkylation sites (tertiary alicyclic amines) is 1. The van der Waals surface area contributed by atoms with Crippen LogP contribution in [0.4, 0.5) is 4.79 Å². The van der Waals surface area contributed by atoms with Crippen molar-refractivity contribution in [3.8, 4) is 5.75 Å². The number of imide groups is 1. The fraction of sp³-hybridized carbons (Fsp3) is 0.389. The molecule has 0 saturated carbocycles. The first kappa shape index (κ1) is 20.9. The van der Waals surface area contributed by atoms with Gasteiger partial charge < -0.3 is 9.64 Å². The molecule has 2 fully saturated rings. The summed E-state index contributed by atoms with van der Waals surface area (Å²) in [7, 11) is 1.57. The lowest BCUT2D eigenvalue weighted by molar-refractivity contribution is -0.136. The number of piperidine rings is 1. The average molecular weight is 612 g/mol. The van der Waals surface area contributed by atoms with Gasteiger partial charge in [-0.15, -0.1) is 0 Å². The van der Waals surface area contributed by atoms with Crippen LogP contribution in [-0.4, -0.2) is 53.6 Å². The van der Waals surface area contributed by atoms with E-state index in [1.165, 1.54) is 0 Å². The lowest BCUT2D eigenvalue weighted by Gasteiger charge is -2.27. The molecule has 6 nitrogen and oxygen atoms in total. The summed E-state index contributed by atoms with van der Waals surface area (Å²) in [5.41, 5.74) is 0.738. The second-order valence-corrected chi connectivity index (χ2v) is 9.62. The molecule has 2 aliphatic heterocycles. The van der Waals surface area contributed by atoms with Crippen LogP contribution in [0.25, 0.3) is 6.08 Å². The van der Waals surface area contributed by atoms with E-state index in [1.54, 1.807) is 18.1 Å². The maximum absolute atomic E-state index is 12.7. The van der Waals surface area contributed by atoms with E-state index in [1.807, 2.05) is 12.1 Å². The molecule has 0 unspecified atom stereocenters. The third-order valence-corrected chi connectivity index (χ3v) is 6.74. The Balaban J connectivity index is 1.80. The van der Waals surface area contributed by atoms with E-state index in [9.17, 15) is 14.4 Å². The smallest absolute Gasteiger partial charge is 0.294 e. The minimum Gasteiger partial charge on any atom is -0.495 e. The van der Waals surface area contributed by atoms with Gasteiger partial charge in [-0.05, 0) is 94.4 Å². The third kappa shape index (κ3) is 4.78. The van der Waals surface area contributed by atoms with Crippen LogP contribution in [0, 0.1) is 7.14 Å². The molecule has 2 aliphatic rings. The van der Waals surface area contributed by atoms with Crippen LogP contribution in [-0.2, 0) is 9.59 Å². The Hall–Kier alpha value is -0.820. The van der Waals surface area contributed by atoms with E-state index in [-0.39, 0.29) is 12.5 Å². The molecule has 3 rings (SSSR count). The molecule has 1 aromatic rings. The number of halogens is 2. The highest BCUT2D eigenvalue weighted by Crippen LogP contribution is 2.36. The van der Waals surface area contributed by atoms with Gasteiger partial charge in [0.15, 0.2) is 0 Å². The van der Waals surface area contributed by atoms with Crippen LogP contribution in [0.5, 0.6) is 5.75 Å². The Labute approximate surface area is 189 Å². The number of carbonyl (C=O) groups is 3. The molecule has 3 amide bonds. The van der Waals surface area contributed by atoms with Gasteiger partial charge in [-0.1, -0.05) is 0 Å². The number of hydrogen-bond acceptors (Lipinski definition) is 5. The van der Waals surface area contributed by atoms with Gasteiger partial charge in [0.25, 0.3) is 11.1 Å². The first-order valence-electron chi connectivity index (χ1n) is 8.47. The van der Waals surface area contributed by atoms with Gasteiger partial charge >= 0.3 is 0 Å². The number of amides is 3. The quantitative estimate of drug-likeness (QED) is 0.381. The number of hydrogen-bond donors (Lipinski definition) is 0. The van der Waals surface area contributed by atoms with Gasteiger partial charge in [-0.3, -0.25) is 19.3 Å². The Morgan fingerprint density at radius 2 is 1.93 bits per heavy atom. The molecule has 0 bridgehead atoms. The van der Waals surface area contributed by atoms with Gasteiger partial charge in [0.2, 0.25) is 5.91 Å². The van der Waals surface area contributed by atoms with E-state index in [0.717, 1.165) is 48.6 Å². The highest BCUT2D eigenvalue weighted by molar-refractivity contribution is 14.1. The van der Waals surface area contributed by atoms with Crippen molar-refractivity contribution in [3.63, 3.8) is 0 Å². The number of rotatable bonds is 4. The van der Waals surface area contributed by atoms with Crippen LogP contribution in [0.15, 0.2) is 17.0 Å². The second kappa shape index (κ2) is 9.12. The molecule has 27 heavy (non-hydrogen) atoms. The van der Waals surface area contributed by atoms with Crippen molar-refractivity contribution in [2.75, 3.05) is 26.7 Å². The van der Waals surface area contributed by atoms with Gasteiger partial charge in [-0.25, -0.2) is 0 Å². The SMILES string of the molecule is COc1c(I)cc(I)cc1/C=C1/SC(=O)N(CC(=O)N2CCCCC2)C1=O. The summed E-state index contributed by atoms with van der Waals surface area (Å²) in [5, 5.41) is -0.407. The van der Waals surface area contributed by atoms with Gasteiger partial charge in [0, 0.05) is 22.2 Å². The van der Waals surface area contributed by atoms with E-state index >= 15 is 0 Å². The first-order valence-corrected chi connectivity index (χ1v) is 11.4. The fourth-order valence-electron chi connectivity index (χ4n) is 3.06. The molecule has 0 aromatic heterocycles. The van der Waals surface area contributed by atoms with E-state index in [2.05, 4.69) is 45.2 Å². The first-order chi connectivity index (χ1) is 12.9. The van der Waals surface area contributed by atoms with E-state index < -0.39 is 11.1 Å². The van der Waals surface area contributed by atoms with Crippen molar-refractivity contribution in [2.45, 2.75) is 19.3 Å². The van der Waals surface area contributed by atoms with Crippen LogP contribution in [0.1, 0.15) is 24.8 Å². The predicted molar refractivity (Wildman–Crippen MR) is 122 cm³/mol. The zero-order chi connectivity index (χ0) is 19.6. The molecule has 0 atom stereocenters. The molecular formula is C18H18I2N2O4S. The molecule has 0 aliphatic carbocycles. The predicted octanol–water partition coefficient (Wildman–Crippen LogP) is 3.95. The number of thioether (sulfide) groups is 1. The van der Waals surface area contributed by atoms with Crippen molar-refractivity contribution in [1.82, 2.24) is 9.80 Å². The fourth-order valence-corrected chi connectivity index (χ4v) is 6.00. The normalized spacial score (nSPS) is 19.1. The highest BCUT2D eigenvalue weighted by Gasteiger charge is 2.37. The summed E-state index contributed by atoms with van der Waals surface area (Å²) in [4.78, 5) is 40.5. The molecule has 0 radical (unpaired) electrons. The molecule has 0 N–H and O–H groups in total. The van der Waals surface area contributed by atoms with Gasteiger partial charge in [0.05, 0.1) is 15.6 Å². The monoisotopic (exact) mass is 612 g/mol. The lowest BCUT2D eigenvalue weighted by atomic mass is 10.1. The van der Waals surface area contributed by atoms with Gasteiger partial charge in [0.1, 0.15) is 12.3 Å². The zero-order valence-corrected chi connectivity index (χ0v) is 19.8. The molecule has 0 spiro atoms. The summed E-state index contributed by atoms with van der Waals surface area (Å²) in [5.74, 6) is 0.0677. The molecular weight excluding hydrogens is 594 g/mol. The second-order valence-electron chi connectivity index (χ2n) is 6.22. The molecule has 2 saturated heterocycles. The van der Waals surface area contributed by atoms with Crippen molar-refractivity contribution in [2.24, 2.45) is 0 Å². The summed E-state index contributed by atoms with van der Waals surface area (Å²) < 4.78 is 7.37. The summed E-state index contributed by atoms with van der Waals surface area (Å²) in [6, 6.07) is 3.87. The van der Waals surface area contributed by atoms with E-state index in [4.69, 9.17) is 4.74 Å². The Morgan fingerprint density at radius 1 is 1.22 bits per heavy atom. The minimum atomic E-state index is -0.425. The summed E-state index contributed by atoms with van der Waals surface area (Å²) in [6.07, 6.45) is 4.72. The largest absolute Gasteiger partial charge is 0.495 e. The topological polar surface area (TPSA) is 66.9 Å². The highest BCUT2D eigenvalue weighted by atomic mass is 127. The van der Waals surface area contributed by atoms with Gasteiger partial charge in [-0.2, -0.15) is 0 Å². The molecule has 9 heteroatoms. The Morgan fingerprint density at radius 3 is 2.59 bits per heavy atom. The average Bonchev–Trinajstić information content (AvgIpc) is 2.89. The van der Waals surface area contributed by atoms with Crippen LogP contribution in [0.3, 0.4) is 0 Å². The molecule has 144 valence electrons. The zero-order valence-electron chi connectivity index (χ0n) is 14.7. The minimum absolute atomic E-state index is 0.167. The van der Waals surface area contributed by atoms with Crippen molar-refractivity contribution >= 4 is 80.1 Å². The Kier molecular flexibility index (Phi) is 7.06. The van der Waals surface area contributed by atoms with Crippen LogP contribution < -0.4 is 4.74 Å². The number of carbonyl (C=O) groups excluding carboxylic acids is 3. The molecule has 1 aromatic carbocycles. The maximum Gasteiger partial charge on any atom is 0.294 e. The van der Waals surface area contributed by atoms with Crippen LogP contribution >= 0.6 is 56.9 Å². The van der Waals surface area contributed by atoms with E-state index in [0.29, 0.717) is 23.7 Å². The third-order valence-electron chi connectivity index (χ3n) is 4.40. The number of ether oxygens (including phenoxy) is 1. The van der Waals surface area contributed by atoms with Crippen molar-refractivity contribution < 1.29 is 19.1 Å². The maximum atomic E-state index is 12.7. The summed E-state index contributed by atoms with van der Waals surface area (Å²) in [6.45, 7) is 1.20. The van der Waals surface area contributed by atoms with Crippen LogP contribution in [0.2, 0.25) is 0 Å². The number of benzene rings is 1. The molecule has 2 heterocycles. The lowest BCUT2D eigenvalue weighted by Crippen LogP contribution is -2.44. The van der Waals surface area contributed by atoms with Crippen molar-refractivity contribution in [3.05, 3.63) is 29.7 Å². The standard InChI is InChI=1S/C18H18I2N2O4S/c1-26-16-11(7-12(19)9-13(16)20)8-14-17(24)22(18(25)27-14)10-15(23)21-5-3-2-4-6-21/h7-9H,2-6,10H2,1H3/b14-8+. The van der Waals surface area contributed by atoms with Crippen molar-refractivity contribution in [1.29, 1.82) is 0 Å².